The molecule has 0 aliphatic carbocycles. The normalized spacial score (nSPS) is 12.3. The van der Waals surface area contributed by atoms with E-state index in [0.29, 0.717) is 11.3 Å². The van der Waals surface area contributed by atoms with Crippen LogP contribution in [0.15, 0.2) is 59.9 Å². The van der Waals surface area contributed by atoms with Crippen molar-refractivity contribution in [3.8, 4) is 22.3 Å². The minimum atomic E-state index is -0.864. The fraction of sp³-hybridized carbons (Fsp3) is 0.261. The van der Waals surface area contributed by atoms with Gasteiger partial charge in [0.2, 0.25) is 0 Å². The van der Waals surface area contributed by atoms with Gasteiger partial charge in [-0.05, 0) is 56.5 Å². The second kappa shape index (κ2) is 7.50. The highest BCUT2D eigenvalue weighted by Crippen LogP contribution is 2.26. The SMILES string of the molecule is CC(=O)C(C)(C)N=C(C)c1ccc(-c2ccc(-c3cnn(C)c3)cc2)cc1F. The molecule has 2 aromatic carbocycles. The van der Waals surface area contributed by atoms with Crippen molar-refractivity contribution < 1.29 is 9.18 Å². The van der Waals surface area contributed by atoms with Crippen LogP contribution in [-0.4, -0.2) is 26.8 Å². The number of carbonyl (C=O) groups is 1. The van der Waals surface area contributed by atoms with E-state index in [1.807, 2.05) is 49.8 Å². The summed E-state index contributed by atoms with van der Waals surface area (Å²) in [7, 11) is 1.88. The maximum atomic E-state index is 14.7. The third-order valence-electron chi connectivity index (χ3n) is 4.92. The van der Waals surface area contributed by atoms with Gasteiger partial charge in [0.05, 0.1) is 6.20 Å². The highest BCUT2D eigenvalue weighted by atomic mass is 19.1. The van der Waals surface area contributed by atoms with E-state index < -0.39 is 5.54 Å². The van der Waals surface area contributed by atoms with Crippen LogP contribution in [0.3, 0.4) is 0 Å². The fourth-order valence-electron chi connectivity index (χ4n) is 2.97. The number of nitrogens with zero attached hydrogens (tertiary/aromatic N) is 3. The van der Waals surface area contributed by atoms with Crippen LogP contribution < -0.4 is 0 Å². The Morgan fingerprint density at radius 1 is 1.00 bits per heavy atom. The second-order valence-corrected chi connectivity index (χ2v) is 7.49. The molecule has 0 bridgehead atoms. The predicted octanol–water partition coefficient (Wildman–Crippen LogP) is 5.07. The van der Waals surface area contributed by atoms with Crippen molar-refractivity contribution in [3.63, 3.8) is 0 Å². The van der Waals surface area contributed by atoms with Gasteiger partial charge in [0.15, 0.2) is 5.78 Å². The van der Waals surface area contributed by atoms with Crippen LogP contribution in [0.1, 0.15) is 33.3 Å². The number of Topliss-reactive ketones (excluding diaryl/α,β-unsaturated/α-hetero) is 1. The molecule has 0 aliphatic heterocycles. The Hall–Kier alpha value is -3.08. The van der Waals surface area contributed by atoms with E-state index in [1.165, 1.54) is 13.0 Å². The first-order valence-corrected chi connectivity index (χ1v) is 9.14. The van der Waals surface area contributed by atoms with E-state index in [4.69, 9.17) is 0 Å². The lowest BCUT2D eigenvalue weighted by Gasteiger charge is -2.17. The lowest BCUT2D eigenvalue weighted by molar-refractivity contribution is -0.120. The minimum Gasteiger partial charge on any atom is -0.297 e. The fourth-order valence-corrected chi connectivity index (χ4v) is 2.97. The smallest absolute Gasteiger partial charge is 0.156 e. The Morgan fingerprint density at radius 2 is 1.57 bits per heavy atom. The monoisotopic (exact) mass is 377 g/mol. The van der Waals surface area contributed by atoms with Crippen molar-refractivity contribution in [3.05, 3.63) is 66.2 Å². The van der Waals surface area contributed by atoms with Crippen LogP contribution in [0, 0.1) is 5.82 Å². The highest BCUT2D eigenvalue weighted by molar-refractivity contribution is 6.01. The molecular weight excluding hydrogens is 353 g/mol. The minimum absolute atomic E-state index is 0.0578. The Balaban J connectivity index is 1.88. The van der Waals surface area contributed by atoms with Crippen LogP contribution in [-0.2, 0) is 11.8 Å². The molecule has 0 saturated carbocycles. The zero-order chi connectivity index (χ0) is 20.5. The second-order valence-electron chi connectivity index (χ2n) is 7.49. The Kier molecular flexibility index (Phi) is 5.27. The number of aryl methyl sites for hydroxylation is 1. The summed E-state index contributed by atoms with van der Waals surface area (Å²) in [6.07, 6.45) is 3.77. The topological polar surface area (TPSA) is 47.2 Å². The van der Waals surface area contributed by atoms with Gasteiger partial charge in [0.1, 0.15) is 11.4 Å². The van der Waals surface area contributed by atoms with E-state index in [-0.39, 0.29) is 11.6 Å². The maximum Gasteiger partial charge on any atom is 0.156 e. The molecule has 5 heteroatoms. The molecule has 1 heterocycles. The Morgan fingerprint density at radius 3 is 2.07 bits per heavy atom. The molecule has 1 aromatic heterocycles. The molecule has 3 aromatic rings. The highest BCUT2D eigenvalue weighted by Gasteiger charge is 2.23. The molecule has 0 unspecified atom stereocenters. The van der Waals surface area contributed by atoms with Crippen LogP contribution in [0.4, 0.5) is 4.39 Å². The number of hydrogen-bond donors (Lipinski definition) is 0. The van der Waals surface area contributed by atoms with Gasteiger partial charge in [-0.25, -0.2) is 4.39 Å². The summed E-state index contributed by atoms with van der Waals surface area (Å²) >= 11 is 0. The lowest BCUT2D eigenvalue weighted by atomic mass is 9.98. The zero-order valence-corrected chi connectivity index (χ0v) is 16.8. The van der Waals surface area contributed by atoms with Crippen molar-refractivity contribution in [1.82, 2.24) is 9.78 Å². The molecule has 0 aliphatic rings. The van der Waals surface area contributed by atoms with Gasteiger partial charge in [-0.3, -0.25) is 14.5 Å². The summed E-state index contributed by atoms with van der Waals surface area (Å²) in [5, 5.41) is 4.18. The summed E-state index contributed by atoms with van der Waals surface area (Å²) in [6.45, 7) is 6.68. The van der Waals surface area contributed by atoms with E-state index in [0.717, 1.165) is 22.3 Å². The number of halogens is 1. The van der Waals surface area contributed by atoms with Gasteiger partial charge in [-0.15, -0.1) is 0 Å². The average molecular weight is 377 g/mol. The molecule has 0 fully saturated rings. The molecule has 28 heavy (non-hydrogen) atoms. The summed E-state index contributed by atoms with van der Waals surface area (Å²) in [5.74, 6) is -0.410. The molecule has 0 saturated heterocycles. The van der Waals surface area contributed by atoms with E-state index in [1.54, 1.807) is 31.5 Å². The standard InChI is InChI=1S/C23H24FN3O/c1-15(26-23(3,4)16(2)28)21-11-10-19(12-22(21)24)17-6-8-18(9-7-17)20-13-25-27(5)14-20/h6-14H,1-5H3. The summed E-state index contributed by atoms with van der Waals surface area (Å²) in [4.78, 5) is 16.1. The third-order valence-corrected chi connectivity index (χ3v) is 4.92. The summed E-state index contributed by atoms with van der Waals surface area (Å²) in [5.41, 5.74) is 3.87. The number of carbonyl (C=O) groups excluding carboxylic acids is 1. The van der Waals surface area contributed by atoms with Gasteiger partial charge < -0.3 is 0 Å². The first-order valence-electron chi connectivity index (χ1n) is 9.14. The van der Waals surface area contributed by atoms with Gasteiger partial charge >= 0.3 is 0 Å². The average Bonchev–Trinajstić information content (AvgIpc) is 3.07. The number of benzene rings is 2. The number of rotatable bonds is 5. The van der Waals surface area contributed by atoms with E-state index in [9.17, 15) is 9.18 Å². The molecule has 0 spiro atoms. The Bertz CT molecular complexity index is 1050. The molecule has 0 amide bonds. The summed E-state index contributed by atoms with van der Waals surface area (Å²) in [6, 6.07) is 13.0. The van der Waals surface area contributed by atoms with E-state index in [2.05, 4.69) is 10.1 Å². The van der Waals surface area contributed by atoms with Gasteiger partial charge in [-0.2, -0.15) is 5.10 Å². The quantitative estimate of drug-likeness (QED) is 0.583. The van der Waals surface area contributed by atoms with Crippen molar-refractivity contribution >= 4 is 11.5 Å². The van der Waals surface area contributed by atoms with E-state index >= 15 is 0 Å². The van der Waals surface area contributed by atoms with Gasteiger partial charge in [0, 0.05) is 30.1 Å². The zero-order valence-electron chi connectivity index (χ0n) is 16.8. The lowest BCUT2D eigenvalue weighted by Crippen LogP contribution is -2.28. The van der Waals surface area contributed by atoms with Crippen LogP contribution in [0.2, 0.25) is 0 Å². The number of ketones is 1. The first-order chi connectivity index (χ1) is 13.2. The number of aliphatic imine (C=N–C) groups is 1. The number of aromatic nitrogens is 2. The molecule has 4 nitrogen and oxygen atoms in total. The predicted molar refractivity (Wildman–Crippen MR) is 111 cm³/mol. The van der Waals surface area contributed by atoms with Crippen molar-refractivity contribution in [2.75, 3.05) is 0 Å². The van der Waals surface area contributed by atoms with Crippen molar-refractivity contribution in [2.24, 2.45) is 12.0 Å². The van der Waals surface area contributed by atoms with Crippen LogP contribution in [0.5, 0.6) is 0 Å². The van der Waals surface area contributed by atoms with Crippen LogP contribution in [0.25, 0.3) is 22.3 Å². The molecule has 0 atom stereocenters. The molecule has 0 radical (unpaired) electrons. The van der Waals surface area contributed by atoms with Gasteiger partial charge in [-0.1, -0.05) is 30.3 Å². The van der Waals surface area contributed by atoms with Crippen molar-refractivity contribution in [1.29, 1.82) is 0 Å². The third kappa shape index (κ3) is 4.09. The molecule has 0 N–H and O–H groups in total. The largest absolute Gasteiger partial charge is 0.297 e. The molecular formula is C23H24FN3O. The number of hydrogen-bond acceptors (Lipinski definition) is 3. The first kappa shape index (κ1) is 19.7. The molecule has 3 rings (SSSR count). The van der Waals surface area contributed by atoms with Crippen LogP contribution >= 0.6 is 0 Å². The van der Waals surface area contributed by atoms with Crippen molar-refractivity contribution in [2.45, 2.75) is 33.2 Å². The Labute approximate surface area is 164 Å². The maximum absolute atomic E-state index is 14.7. The summed E-state index contributed by atoms with van der Waals surface area (Å²) < 4.78 is 16.5. The van der Waals surface area contributed by atoms with Gasteiger partial charge in [0.25, 0.3) is 0 Å². The molecule has 144 valence electrons.